The molecule has 5 heterocycles. The van der Waals surface area contributed by atoms with Crippen LogP contribution in [-0.2, 0) is 17.6 Å². The largest absolute Gasteiger partial charge is 0.480 e. The number of aromatic nitrogens is 2. The van der Waals surface area contributed by atoms with E-state index in [-0.39, 0.29) is 24.6 Å². The number of carbonyl (C=O) groups excluding carboxylic acids is 2. The Morgan fingerprint density at radius 3 is 3.00 bits per heavy atom. The van der Waals surface area contributed by atoms with E-state index in [0.717, 1.165) is 68.8 Å². The van der Waals surface area contributed by atoms with E-state index in [1.54, 1.807) is 6.20 Å². The minimum atomic E-state index is -0.206. The monoisotopic (exact) mass is 450 g/mol. The number of anilines is 2. The van der Waals surface area contributed by atoms with Gasteiger partial charge in [0.05, 0.1) is 6.04 Å². The summed E-state index contributed by atoms with van der Waals surface area (Å²) in [5.41, 5.74) is 3.30. The van der Waals surface area contributed by atoms with Gasteiger partial charge in [-0.3, -0.25) is 4.79 Å². The Kier molecular flexibility index (Phi) is 6.02. The lowest BCUT2D eigenvalue weighted by atomic mass is 10.0. The van der Waals surface area contributed by atoms with Gasteiger partial charge in [0.25, 0.3) is 5.91 Å². The van der Waals surface area contributed by atoms with Crippen molar-refractivity contribution in [2.45, 2.75) is 45.1 Å². The highest BCUT2D eigenvalue weighted by Gasteiger charge is 2.34. The van der Waals surface area contributed by atoms with Crippen LogP contribution >= 0.6 is 0 Å². The van der Waals surface area contributed by atoms with Crippen molar-refractivity contribution in [3.63, 3.8) is 0 Å². The second kappa shape index (κ2) is 9.25. The Balaban J connectivity index is 1.19. The summed E-state index contributed by atoms with van der Waals surface area (Å²) in [7, 11) is 0. The standard InChI is InChI=1S/C24H30N6O3/c1-2-19(17-13-20-23(26-14-17)28-21(31)15-33-20)30-12-11-29(24(30)32)10-4-6-18-8-7-16-5-3-9-25-22(16)27-18/h7-8,13-14,19H,2-6,9-12,15H2,1H3,(H,25,27)(H,26,28,31). The molecule has 3 aliphatic heterocycles. The molecule has 0 bridgehead atoms. The van der Waals surface area contributed by atoms with Crippen LogP contribution in [0.5, 0.6) is 5.75 Å². The van der Waals surface area contributed by atoms with Crippen molar-refractivity contribution in [1.82, 2.24) is 19.8 Å². The van der Waals surface area contributed by atoms with Gasteiger partial charge in [0, 0.05) is 38.1 Å². The summed E-state index contributed by atoms with van der Waals surface area (Å²) < 4.78 is 5.51. The Morgan fingerprint density at radius 1 is 1.21 bits per heavy atom. The molecular weight excluding hydrogens is 420 g/mol. The average molecular weight is 451 g/mol. The third-order valence-corrected chi connectivity index (χ3v) is 6.58. The molecule has 2 aromatic heterocycles. The average Bonchev–Trinajstić information content (AvgIpc) is 3.19. The van der Waals surface area contributed by atoms with E-state index < -0.39 is 0 Å². The minimum absolute atomic E-state index is 0.0134. The topological polar surface area (TPSA) is 99.7 Å². The zero-order valence-corrected chi connectivity index (χ0v) is 19.0. The number of hydrogen-bond donors (Lipinski definition) is 2. The molecule has 33 heavy (non-hydrogen) atoms. The van der Waals surface area contributed by atoms with E-state index in [2.05, 4.69) is 34.7 Å². The lowest BCUT2D eigenvalue weighted by Crippen LogP contribution is -2.35. The number of nitrogens with one attached hydrogen (secondary N) is 2. The summed E-state index contributed by atoms with van der Waals surface area (Å²) in [6.45, 7) is 5.17. The van der Waals surface area contributed by atoms with E-state index in [1.807, 2.05) is 15.9 Å². The molecule has 5 rings (SSSR count). The van der Waals surface area contributed by atoms with Crippen LogP contribution in [0.1, 0.15) is 49.0 Å². The van der Waals surface area contributed by atoms with E-state index in [9.17, 15) is 9.59 Å². The van der Waals surface area contributed by atoms with E-state index in [0.29, 0.717) is 18.1 Å². The van der Waals surface area contributed by atoms with Crippen LogP contribution in [0.15, 0.2) is 24.4 Å². The summed E-state index contributed by atoms with van der Waals surface area (Å²) in [4.78, 5) is 37.6. The maximum Gasteiger partial charge on any atom is 0.320 e. The molecule has 3 aliphatic rings. The van der Waals surface area contributed by atoms with Crippen molar-refractivity contribution in [3.8, 4) is 5.75 Å². The first kappa shape index (κ1) is 21.5. The molecular formula is C24H30N6O3. The summed E-state index contributed by atoms with van der Waals surface area (Å²) in [5.74, 6) is 1.81. The van der Waals surface area contributed by atoms with Gasteiger partial charge >= 0.3 is 6.03 Å². The maximum atomic E-state index is 13.2. The fraction of sp³-hybridized carbons (Fsp3) is 0.500. The number of amides is 3. The first-order chi connectivity index (χ1) is 16.1. The predicted octanol–water partition coefficient (Wildman–Crippen LogP) is 2.99. The quantitative estimate of drug-likeness (QED) is 0.673. The van der Waals surface area contributed by atoms with Crippen molar-refractivity contribution >= 4 is 23.6 Å². The van der Waals surface area contributed by atoms with Crippen molar-refractivity contribution in [2.75, 3.05) is 43.4 Å². The molecule has 174 valence electrons. The van der Waals surface area contributed by atoms with Crippen molar-refractivity contribution in [2.24, 2.45) is 0 Å². The van der Waals surface area contributed by atoms with Gasteiger partial charge in [-0.2, -0.15) is 0 Å². The number of fused-ring (bicyclic) bond motifs is 2. The molecule has 9 heteroatoms. The first-order valence-electron chi connectivity index (χ1n) is 11.8. The summed E-state index contributed by atoms with van der Waals surface area (Å²) in [6.07, 6.45) is 6.49. The molecule has 0 aliphatic carbocycles. The number of rotatable bonds is 7. The summed E-state index contributed by atoms with van der Waals surface area (Å²) in [5, 5.41) is 6.10. The van der Waals surface area contributed by atoms with Crippen LogP contribution in [0, 0.1) is 0 Å². The predicted molar refractivity (Wildman–Crippen MR) is 124 cm³/mol. The van der Waals surface area contributed by atoms with Gasteiger partial charge < -0.3 is 25.2 Å². The lowest BCUT2D eigenvalue weighted by Gasteiger charge is -2.28. The highest BCUT2D eigenvalue weighted by molar-refractivity contribution is 5.94. The number of pyridine rings is 2. The number of nitrogens with zero attached hydrogens (tertiary/aromatic N) is 4. The van der Waals surface area contributed by atoms with E-state index in [4.69, 9.17) is 9.72 Å². The van der Waals surface area contributed by atoms with Gasteiger partial charge in [-0.15, -0.1) is 0 Å². The second-order valence-corrected chi connectivity index (χ2v) is 8.78. The molecule has 2 aromatic rings. The molecule has 2 N–H and O–H groups in total. The smallest absolute Gasteiger partial charge is 0.320 e. The molecule has 1 saturated heterocycles. The van der Waals surface area contributed by atoms with Crippen LogP contribution in [0.3, 0.4) is 0 Å². The lowest BCUT2D eigenvalue weighted by molar-refractivity contribution is -0.118. The van der Waals surface area contributed by atoms with Crippen LogP contribution in [0.2, 0.25) is 0 Å². The van der Waals surface area contributed by atoms with Crippen LogP contribution < -0.4 is 15.4 Å². The highest BCUT2D eigenvalue weighted by Crippen LogP contribution is 2.33. The molecule has 1 fully saturated rings. The second-order valence-electron chi connectivity index (χ2n) is 8.78. The van der Waals surface area contributed by atoms with Gasteiger partial charge in [0.15, 0.2) is 18.2 Å². The number of carbonyl (C=O) groups is 2. The van der Waals surface area contributed by atoms with Gasteiger partial charge in [-0.25, -0.2) is 14.8 Å². The third-order valence-electron chi connectivity index (χ3n) is 6.58. The Bertz CT molecular complexity index is 1060. The van der Waals surface area contributed by atoms with Gasteiger partial charge in [-0.1, -0.05) is 13.0 Å². The summed E-state index contributed by atoms with van der Waals surface area (Å²) >= 11 is 0. The van der Waals surface area contributed by atoms with Gasteiger partial charge in [-0.05, 0) is 55.4 Å². The normalized spacial score (nSPS) is 18.2. The molecule has 0 aromatic carbocycles. The zero-order chi connectivity index (χ0) is 22.8. The summed E-state index contributed by atoms with van der Waals surface area (Å²) in [6, 6.07) is 6.18. The Labute approximate surface area is 193 Å². The van der Waals surface area contributed by atoms with Crippen molar-refractivity contribution in [3.05, 3.63) is 41.2 Å². The van der Waals surface area contributed by atoms with Gasteiger partial charge in [0.2, 0.25) is 0 Å². The SMILES string of the molecule is CCC(c1cnc2c(c1)OCC(=O)N2)N1CCN(CCCc2ccc3c(n2)NCCC3)C1=O. The number of urea groups is 1. The zero-order valence-electron chi connectivity index (χ0n) is 19.0. The fourth-order valence-corrected chi connectivity index (χ4v) is 4.85. The van der Waals surface area contributed by atoms with Crippen molar-refractivity contribution < 1.29 is 14.3 Å². The van der Waals surface area contributed by atoms with Crippen LogP contribution in [0.4, 0.5) is 16.4 Å². The van der Waals surface area contributed by atoms with E-state index >= 15 is 0 Å². The molecule has 0 radical (unpaired) electrons. The first-order valence-corrected chi connectivity index (χ1v) is 11.8. The minimum Gasteiger partial charge on any atom is -0.480 e. The van der Waals surface area contributed by atoms with Crippen LogP contribution in [0.25, 0.3) is 0 Å². The number of ether oxygens (including phenoxy) is 1. The Morgan fingerprint density at radius 2 is 2.12 bits per heavy atom. The van der Waals surface area contributed by atoms with Crippen molar-refractivity contribution in [1.29, 1.82) is 0 Å². The maximum absolute atomic E-state index is 13.2. The molecule has 1 unspecified atom stereocenters. The molecule has 9 nitrogen and oxygen atoms in total. The van der Waals surface area contributed by atoms with Crippen LogP contribution in [-0.4, -0.2) is 64.5 Å². The van der Waals surface area contributed by atoms with Gasteiger partial charge in [0.1, 0.15) is 5.82 Å². The Hall–Kier alpha value is -3.36. The molecule has 0 saturated carbocycles. The number of hydrogen-bond acceptors (Lipinski definition) is 6. The van der Waals surface area contributed by atoms with E-state index in [1.165, 1.54) is 5.56 Å². The number of aryl methyl sites for hydroxylation is 2. The molecule has 0 spiro atoms. The molecule has 3 amide bonds. The third kappa shape index (κ3) is 4.44. The fourth-order valence-electron chi connectivity index (χ4n) is 4.85. The molecule has 1 atom stereocenters. The highest BCUT2D eigenvalue weighted by atomic mass is 16.5.